The van der Waals surface area contributed by atoms with E-state index >= 15 is 0 Å². The molecule has 1 aliphatic rings. The first kappa shape index (κ1) is 16.2. The first-order chi connectivity index (χ1) is 9.39. The molecule has 0 spiro atoms. The normalized spacial score (nSPS) is 22.9. The third-order valence-electron chi connectivity index (χ3n) is 3.66. The molecule has 112 valence electrons. The molecule has 0 aliphatic carbocycles. The number of hydrazine groups is 1. The summed E-state index contributed by atoms with van der Waals surface area (Å²) in [7, 11) is -2.84. The van der Waals surface area contributed by atoms with Crippen LogP contribution in [0.1, 0.15) is 18.4 Å². The van der Waals surface area contributed by atoms with E-state index in [2.05, 4.69) is 21.4 Å². The molecule has 4 nitrogen and oxygen atoms in total. The molecule has 0 bridgehead atoms. The van der Waals surface area contributed by atoms with Crippen LogP contribution in [0.4, 0.5) is 0 Å². The van der Waals surface area contributed by atoms with Gasteiger partial charge in [0.05, 0.1) is 11.5 Å². The summed E-state index contributed by atoms with van der Waals surface area (Å²) >= 11 is 9.57. The van der Waals surface area contributed by atoms with E-state index < -0.39 is 9.84 Å². The fourth-order valence-corrected chi connectivity index (χ4v) is 5.25. The van der Waals surface area contributed by atoms with Gasteiger partial charge in [-0.3, -0.25) is 11.3 Å². The minimum absolute atomic E-state index is 0.0342. The summed E-state index contributed by atoms with van der Waals surface area (Å²) in [6.07, 6.45) is 2.18. The van der Waals surface area contributed by atoms with Crippen LogP contribution in [0.2, 0.25) is 5.02 Å². The van der Waals surface area contributed by atoms with Crippen molar-refractivity contribution in [3.63, 3.8) is 0 Å². The molecule has 7 heteroatoms. The molecule has 1 saturated heterocycles. The van der Waals surface area contributed by atoms with E-state index in [1.807, 2.05) is 18.2 Å². The van der Waals surface area contributed by atoms with Crippen LogP contribution in [-0.2, 0) is 16.3 Å². The summed E-state index contributed by atoms with van der Waals surface area (Å²) in [4.78, 5) is 0. The molecule has 20 heavy (non-hydrogen) atoms. The van der Waals surface area contributed by atoms with Crippen molar-refractivity contribution in [2.24, 2.45) is 11.8 Å². The number of rotatable bonds is 5. The zero-order valence-corrected chi connectivity index (χ0v) is 14.1. The Kier molecular flexibility index (Phi) is 5.48. The van der Waals surface area contributed by atoms with E-state index in [0.29, 0.717) is 17.2 Å². The molecule has 2 rings (SSSR count). The third-order valence-corrected chi connectivity index (χ3v) is 6.34. The monoisotopic (exact) mass is 380 g/mol. The molecule has 3 N–H and O–H groups in total. The SMILES string of the molecule is NNC(Cc1ccc(Br)cc1Cl)CC1CCS(=O)(=O)C1. The minimum atomic E-state index is -2.84. The molecule has 0 radical (unpaired) electrons. The maximum atomic E-state index is 11.5. The predicted octanol–water partition coefficient (Wildman–Crippen LogP) is 2.30. The minimum Gasteiger partial charge on any atom is -0.271 e. The number of sulfone groups is 1. The number of hydrogen-bond donors (Lipinski definition) is 2. The van der Waals surface area contributed by atoms with Gasteiger partial charge in [-0.05, 0) is 42.9 Å². The van der Waals surface area contributed by atoms with Gasteiger partial charge in [-0.15, -0.1) is 0 Å². The van der Waals surface area contributed by atoms with Crippen LogP contribution < -0.4 is 11.3 Å². The molecule has 1 fully saturated rings. The van der Waals surface area contributed by atoms with Crippen LogP contribution >= 0.6 is 27.5 Å². The fourth-order valence-electron chi connectivity index (χ4n) is 2.62. The van der Waals surface area contributed by atoms with Crippen molar-refractivity contribution in [1.82, 2.24) is 5.43 Å². The van der Waals surface area contributed by atoms with Crippen molar-refractivity contribution in [2.45, 2.75) is 25.3 Å². The van der Waals surface area contributed by atoms with Gasteiger partial charge in [-0.1, -0.05) is 33.6 Å². The van der Waals surface area contributed by atoms with Crippen molar-refractivity contribution < 1.29 is 8.42 Å². The zero-order chi connectivity index (χ0) is 14.8. The van der Waals surface area contributed by atoms with Gasteiger partial charge >= 0.3 is 0 Å². The van der Waals surface area contributed by atoms with Crippen LogP contribution in [0, 0.1) is 5.92 Å². The second-order valence-corrected chi connectivity index (χ2v) is 8.86. The van der Waals surface area contributed by atoms with Gasteiger partial charge in [0, 0.05) is 15.5 Å². The average Bonchev–Trinajstić information content (AvgIpc) is 2.71. The first-order valence-electron chi connectivity index (χ1n) is 6.50. The summed E-state index contributed by atoms with van der Waals surface area (Å²) in [5.41, 5.74) is 3.79. The van der Waals surface area contributed by atoms with Crippen molar-refractivity contribution in [1.29, 1.82) is 0 Å². The average molecular weight is 382 g/mol. The molecule has 2 unspecified atom stereocenters. The van der Waals surface area contributed by atoms with Crippen LogP contribution in [0.3, 0.4) is 0 Å². The lowest BCUT2D eigenvalue weighted by atomic mass is 9.95. The van der Waals surface area contributed by atoms with Gasteiger partial charge in [0.15, 0.2) is 9.84 Å². The highest BCUT2D eigenvalue weighted by Crippen LogP contribution is 2.26. The third kappa shape index (κ3) is 4.43. The molecule has 0 saturated carbocycles. The Labute approximate surface area is 133 Å². The second-order valence-electron chi connectivity index (χ2n) is 5.31. The Morgan fingerprint density at radius 3 is 2.80 bits per heavy atom. The van der Waals surface area contributed by atoms with Crippen molar-refractivity contribution >= 4 is 37.4 Å². The van der Waals surface area contributed by atoms with Crippen LogP contribution in [0.5, 0.6) is 0 Å². The predicted molar refractivity (Wildman–Crippen MR) is 85.3 cm³/mol. The molecule has 1 aliphatic heterocycles. The lowest BCUT2D eigenvalue weighted by Gasteiger charge is -2.19. The van der Waals surface area contributed by atoms with Gasteiger partial charge in [0.25, 0.3) is 0 Å². The van der Waals surface area contributed by atoms with E-state index in [9.17, 15) is 8.42 Å². The van der Waals surface area contributed by atoms with E-state index in [4.69, 9.17) is 17.4 Å². The topological polar surface area (TPSA) is 72.2 Å². The summed E-state index contributed by atoms with van der Waals surface area (Å²) in [5.74, 6) is 6.36. The van der Waals surface area contributed by atoms with E-state index in [1.54, 1.807) is 0 Å². The number of hydrogen-bond acceptors (Lipinski definition) is 4. The number of nitrogens with two attached hydrogens (primary N) is 1. The van der Waals surface area contributed by atoms with Gasteiger partial charge in [0.1, 0.15) is 0 Å². The fraction of sp³-hybridized carbons (Fsp3) is 0.538. The van der Waals surface area contributed by atoms with Crippen molar-refractivity contribution in [3.05, 3.63) is 33.3 Å². The Balaban J connectivity index is 1.99. The number of halogens is 2. The molecule has 1 aromatic carbocycles. The van der Waals surface area contributed by atoms with Gasteiger partial charge < -0.3 is 0 Å². The molecule has 0 amide bonds. The lowest BCUT2D eigenvalue weighted by Crippen LogP contribution is -2.38. The standard InChI is InChI=1S/C13H18BrClN2O2S/c14-11-2-1-10(13(15)7-11)6-12(17-16)5-9-3-4-20(18,19)8-9/h1-2,7,9,12,17H,3-6,8,16H2. The Morgan fingerprint density at radius 1 is 1.50 bits per heavy atom. The number of benzene rings is 1. The summed E-state index contributed by atoms with van der Waals surface area (Å²) in [5, 5.41) is 0.693. The van der Waals surface area contributed by atoms with Crippen LogP contribution in [0.25, 0.3) is 0 Å². The van der Waals surface area contributed by atoms with E-state index in [0.717, 1.165) is 22.9 Å². The Bertz CT molecular complexity index is 580. The Hall–Kier alpha value is -0.140. The van der Waals surface area contributed by atoms with Gasteiger partial charge in [0.2, 0.25) is 0 Å². The summed E-state index contributed by atoms with van der Waals surface area (Å²) in [6, 6.07) is 5.79. The second kappa shape index (κ2) is 6.75. The molecule has 1 aromatic rings. The zero-order valence-electron chi connectivity index (χ0n) is 11.0. The van der Waals surface area contributed by atoms with Crippen LogP contribution in [0.15, 0.2) is 22.7 Å². The van der Waals surface area contributed by atoms with Gasteiger partial charge in [-0.25, -0.2) is 8.42 Å². The largest absolute Gasteiger partial charge is 0.271 e. The smallest absolute Gasteiger partial charge is 0.150 e. The maximum absolute atomic E-state index is 11.5. The lowest BCUT2D eigenvalue weighted by molar-refractivity contribution is 0.408. The van der Waals surface area contributed by atoms with Gasteiger partial charge in [-0.2, -0.15) is 0 Å². The summed E-state index contributed by atoms with van der Waals surface area (Å²) < 4.78 is 23.9. The highest BCUT2D eigenvalue weighted by atomic mass is 79.9. The summed E-state index contributed by atoms with van der Waals surface area (Å²) in [6.45, 7) is 0. The van der Waals surface area contributed by atoms with Crippen molar-refractivity contribution in [3.8, 4) is 0 Å². The highest BCUT2D eigenvalue weighted by molar-refractivity contribution is 9.10. The Morgan fingerprint density at radius 2 is 2.25 bits per heavy atom. The van der Waals surface area contributed by atoms with E-state index in [-0.39, 0.29) is 17.7 Å². The van der Waals surface area contributed by atoms with Crippen molar-refractivity contribution in [2.75, 3.05) is 11.5 Å². The molecule has 0 aromatic heterocycles. The molecular weight excluding hydrogens is 364 g/mol. The number of nitrogens with one attached hydrogen (secondary N) is 1. The maximum Gasteiger partial charge on any atom is 0.150 e. The molecule has 1 heterocycles. The molecular formula is C13H18BrClN2O2S. The first-order valence-corrected chi connectivity index (χ1v) is 9.49. The highest BCUT2D eigenvalue weighted by Gasteiger charge is 2.29. The molecule has 2 atom stereocenters. The van der Waals surface area contributed by atoms with Crippen LogP contribution in [-0.4, -0.2) is 26.0 Å². The van der Waals surface area contributed by atoms with E-state index in [1.165, 1.54) is 0 Å². The quantitative estimate of drug-likeness (QED) is 0.606.